The van der Waals surface area contributed by atoms with Gasteiger partial charge in [0.15, 0.2) is 5.69 Å². The van der Waals surface area contributed by atoms with Gasteiger partial charge >= 0.3 is 0 Å². The summed E-state index contributed by atoms with van der Waals surface area (Å²) in [7, 11) is 0. The standard InChI is InChI=1S/C22H16N4O3/c27-19-13-7-4-8-15(19)14-23-24-21(28)20-17-11-5-6-12-18(17)22(29)26(25-20)16-9-2-1-3-10-16/h1-14,27H,(H,24,28)/b23-14+. The Morgan fingerprint density at radius 2 is 1.59 bits per heavy atom. The Morgan fingerprint density at radius 1 is 0.931 bits per heavy atom. The zero-order valence-electron chi connectivity index (χ0n) is 15.2. The average Bonchev–Trinajstić information content (AvgIpc) is 2.76. The maximum Gasteiger partial charge on any atom is 0.292 e. The molecule has 0 saturated heterocycles. The number of nitrogens with zero attached hydrogens (tertiary/aromatic N) is 3. The first-order valence-electron chi connectivity index (χ1n) is 8.84. The van der Waals surface area contributed by atoms with Crippen molar-refractivity contribution in [1.82, 2.24) is 15.2 Å². The monoisotopic (exact) mass is 384 g/mol. The first kappa shape index (κ1) is 18.1. The molecule has 2 N–H and O–H groups in total. The molecule has 7 nitrogen and oxygen atoms in total. The molecule has 0 atom stereocenters. The van der Waals surface area contributed by atoms with Crippen molar-refractivity contribution in [2.24, 2.45) is 5.10 Å². The molecule has 4 aromatic rings. The molecule has 0 radical (unpaired) electrons. The van der Waals surface area contributed by atoms with E-state index in [4.69, 9.17) is 0 Å². The van der Waals surface area contributed by atoms with Crippen LogP contribution in [0, 0.1) is 0 Å². The largest absolute Gasteiger partial charge is 0.507 e. The number of hydrogen-bond donors (Lipinski definition) is 2. The number of phenolic OH excluding ortho intramolecular Hbond substituents is 1. The summed E-state index contributed by atoms with van der Waals surface area (Å²) < 4.78 is 1.20. The van der Waals surface area contributed by atoms with E-state index in [1.807, 2.05) is 6.07 Å². The van der Waals surface area contributed by atoms with Crippen LogP contribution in [0.25, 0.3) is 16.5 Å². The van der Waals surface area contributed by atoms with Gasteiger partial charge in [0.2, 0.25) is 0 Å². The van der Waals surface area contributed by atoms with Crippen LogP contribution in [0.2, 0.25) is 0 Å². The lowest BCUT2D eigenvalue weighted by Crippen LogP contribution is -2.28. The molecular formula is C22H16N4O3. The van der Waals surface area contributed by atoms with Gasteiger partial charge in [0.25, 0.3) is 11.5 Å². The van der Waals surface area contributed by atoms with Crippen molar-refractivity contribution in [3.63, 3.8) is 0 Å². The molecule has 0 aliphatic heterocycles. The number of aromatic nitrogens is 2. The van der Waals surface area contributed by atoms with Gasteiger partial charge in [-0.05, 0) is 30.3 Å². The van der Waals surface area contributed by atoms with Crippen molar-refractivity contribution in [3.8, 4) is 11.4 Å². The van der Waals surface area contributed by atoms with E-state index in [0.717, 1.165) is 0 Å². The molecule has 0 saturated carbocycles. The highest BCUT2D eigenvalue weighted by atomic mass is 16.3. The van der Waals surface area contributed by atoms with Crippen LogP contribution in [0.3, 0.4) is 0 Å². The summed E-state index contributed by atoms with van der Waals surface area (Å²) in [5.74, 6) is -0.524. The van der Waals surface area contributed by atoms with Crippen molar-refractivity contribution >= 4 is 22.9 Å². The highest BCUT2D eigenvalue weighted by Gasteiger charge is 2.17. The van der Waals surface area contributed by atoms with Crippen molar-refractivity contribution in [2.75, 3.05) is 0 Å². The number of aromatic hydroxyl groups is 1. The number of rotatable bonds is 4. The number of hydrogen-bond acceptors (Lipinski definition) is 5. The number of phenols is 1. The van der Waals surface area contributed by atoms with E-state index in [1.54, 1.807) is 66.7 Å². The lowest BCUT2D eigenvalue weighted by Gasteiger charge is -2.10. The van der Waals surface area contributed by atoms with Gasteiger partial charge in [-0.2, -0.15) is 14.9 Å². The molecule has 0 unspecified atom stereocenters. The second-order valence-electron chi connectivity index (χ2n) is 6.20. The first-order chi connectivity index (χ1) is 14.1. The minimum Gasteiger partial charge on any atom is -0.507 e. The molecule has 142 valence electrons. The molecule has 1 amide bonds. The maximum atomic E-state index is 12.9. The Kier molecular flexibility index (Phi) is 4.86. The van der Waals surface area contributed by atoms with E-state index < -0.39 is 5.91 Å². The summed E-state index contributed by atoms with van der Waals surface area (Å²) in [6.45, 7) is 0. The molecule has 29 heavy (non-hydrogen) atoms. The van der Waals surface area contributed by atoms with Crippen LogP contribution >= 0.6 is 0 Å². The van der Waals surface area contributed by atoms with Crippen LogP contribution in [-0.2, 0) is 0 Å². The third-order valence-corrected chi connectivity index (χ3v) is 4.33. The van der Waals surface area contributed by atoms with Gasteiger partial charge < -0.3 is 5.11 Å². The van der Waals surface area contributed by atoms with E-state index in [9.17, 15) is 14.7 Å². The van der Waals surface area contributed by atoms with E-state index in [-0.39, 0.29) is 17.0 Å². The Balaban J connectivity index is 1.75. The Morgan fingerprint density at radius 3 is 2.34 bits per heavy atom. The highest BCUT2D eigenvalue weighted by molar-refractivity contribution is 6.05. The molecule has 1 aromatic heterocycles. The van der Waals surface area contributed by atoms with E-state index >= 15 is 0 Å². The molecule has 0 aliphatic rings. The quantitative estimate of drug-likeness (QED) is 0.418. The lowest BCUT2D eigenvalue weighted by molar-refractivity contribution is 0.0950. The van der Waals surface area contributed by atoms with Crippen LogP contribution in [0.5, 0.6) is 5.75 Å². The number of fused-ring (bicyclic) bond motifs is 1. The van der Waals surface area contributed by atoms with Crippen molar-refractivity contribution in [1.29, 1.82) is 0 Å². The highest BCUT2D eigenvalue weighted by Crippen LogP contribution is 2.15. The van der Waals surface area contributed by atoms with Crippen molar-refractivity contribution in [3.05, 3.63) is 100 Å². The number of hydrazone groups is 1. The zero-order valence-corrected chi connectivity index (χ0v) is 15.2. The number of carbonyl (C=O) groups excluding carboxylic acids is 1. The summed E-state index contributed by atoms with van der Waals surface area (Å²) in [6, 6.07) is 22.3. The fourth-order valence-electron chi connectivity index (χ4n) is 2.91. The predicted molar refractivity (Wildman–Crippen MR) is 111 cm³/mol. The van der Waals surface area contributed by atoms with Gasteiger partial charge in [0, 0.05) is 10.9 Å². The zero-order chi connectivity index (χ0) is 20.2. The average molecular weight is 384 g/mol. The minimum atomic E-state index is -0.572. The molecule has 3 aromatic carbocycles. The maximum absolute atomic E-state index is 12.9. The van der Waals surface area contributed by atoms with E-state index in [1.165, 1.54) is 17.0 Å². The van der Waals surface area contributed by atoms with Crippen LogP contribution in [0.1, 0.15) is 16.1 Å². The lowest BCUT2D eigenvalue weighted by atomic mass is 10.1. The fourth-order valence-corrected chi connectivity index (χ4v) is 2.91. The Bertz CT molecular complexity index is 1280. The van der Waals surface area contributed by atoms with Crippen LogP contribution in [0.4, 0.5) is 0 Å². The number of amides is 1. The molecular weight excluding hydrogens is 368 g/mol. The van der Waals surface area contributed by atoms with Gasteiger partial charge in [0.1, 0.15) is 5.75 Å². The molecule has 4 rings (SSSR count). The summed E-state index contributed by atoms with van der Waals surface area (Å²) >= 11 is 0. The summed E-state index contributed by atoms with van der Waals surface area (Å²) in [5.41, 5.74) is 3.17. The molecule has 0 spiro atoms. The van der Waals surface area contributed by atoms with Crippen molar-refractivity contribution < 1.29 is 9.90 Å². The van der Waals surface area contributed by atoms with E-state index in [2.05, 4.69) is 15.6 Å². The van der Waals surface area contributed by atoms with Crippen molar-refractivity contribution in [2.45, 2.75) is 0 Å². The topological polar surface area (TPSA) is 96.6 Å². The van der Waals surface area contributed by atoms with Gasteiger partial charge in [-0.1, -0.05) is 48.5 Å². The van der Waals surface area contributed by atoms with Crippen LogP contribution in [-0.4, -0.2) is 27.0 Å². The summed E-state index contributed by atoms with van der Waals surface area (Å²) in [5, 5.41) is 18.8. The number of para-hydroxylation sites is 2. The Labute approximate surface area is 165 Å². The second-order valence-corrected chi connectivity index (χ2v) is 6.20. The molecule has 0 fully saturated rings. The first-order valence-corrected chi connectivity index (χ1v) is 8.84. The van der Waals surface area contributed by atoms with Gasteiger partial charge in [0.05, 0.1) is 17.3 Å². The molecule has 0 bridgehead atoms. The van der Waals surface area contributed by atoms with Crippen LogP contribution in [0.15, 0.2) is 88.8 Å². The van der Waals surface area contributed by atoms with Crippen LogP contribution < -0.4 is 11.0 Å². The number of benzene rings is 3. The smallest absolute Gasteiger partial charge is 0.292 e. The summed E-state index contributed by atoms with van der Waals surface area (Å²) in [6.07, 6.45) is 1.34. The minimum absolute atomic E-state index is 0.0479. The Hall–Kier alpha value is -4.26. The predicted octanol–water partition coefficient (Wildman–Crippen LogP) is 2.86. The molecule has 7 heteroatoms. The number of nitrogens with one attached hydrogen (secondary N) is 1. The summed E-state index contributed by atoms with van der Waals surface area (Å²) in [4.78, 5) is 25.6. The van der Waals surface area contributed by atoms with Gasteiger partial charge in [-0.3, -0.25) is 9.59 Å². The van der Waals surface area contributed by atoms with Gasteiger partial charge in [-0.15, -0.1) is 0 Å². The third-order valence-electron chi connectivity index (χ3n) is 4.33. The van der Waals surface area contributed by atoms with E-state index in [0.29, 0.717) is 22.0 Å². The fraction of sp³-hybridized carbons (Fsp3) is 0. The van der Waals surface area contributed by atoms with Gasteiger partial charge in [-0.25, -0.2) is 5.43 Å². The SMILES string of the molecule is O=C(N/N=C/c1ccccc1O)c1nn(-c2ccccc2)c(=O)c2ccccc12. The second kappa shape index (κ2) is 7.77. The number of carbonyl (C=O) groups is 1. The molecule has 1 heterocycles. The third kappa shape index (κ3) is 3.61. The molecule has 0 aliphatic carbocycles. The normalized spacial score (nSPS) is 11.0.